The van der Waals surface area contributed by atoms with E-state index in [1.54, 1.807) is 0 Å². The van der Waals surface area contributed by atoms with Crippen LogP contribution >= 0.6 is 0 Å². The molecule has 0 amide bonds. The average molecular weight is 177 g/mol. The van der Waals surface area contributed by atoms with Gasteiger partial charge in [0.15, 0.2) is 0 Å². The number of nitriles is 1. The average Bonchev–Trinajstić information content (AvgIpc) is 2.17. The second-order valence-corrected chi connectivity index (χ2v) is 3.31. The lowest BCUT2D eigenvalue weighted by Crippen LogP contribution is -2.12. The lowest BCUT2D eigenvalue weighted by molar-refractivity contribution is 0.494. The first kappa shape index (κ1) is 12.0. The van der Waals surface area contributed by atoms with Gasteiger partial charge in [-0.05, 0) is 19.3 Å². The summed E-state index contributed by atoms with van der Waals surface area (Å²) in [6.07, 6.45) is 9.77. The van der Waals surface area contributed by atoms with E-state index < -0.39 is 0 Å². The molecule has 1 nitrogen and oxygen atoms in total. The number of nitrogens with zero attached hydrogens (tertiary/aromatic N) is 1. The molecule has 0 rings (SSSR count). The Balaban J connectivity index is 4.39. The maximum atomic E-state index is 9.06. The van der Waals surface area contributed by atoms with Crippen LogP contribution in [0.1, 0.15) is 39.5 Å². The Bertz CT molecular complexity index is 210. The van der Waals surface area contributed by atoms with Gasteiger partial charge < -0.3 is 0 Å². The van der Waals surface area contributed by atoms with E-state index in [9.17, 15) is 0 Å². The lowest BCUT2D eigenvalue weighted by Gasteiger charge is -2.18. The van der Waals surface area contributed by atoms with Crippen LogP contribution in [-0.4, -0.2) is 0 Å². The molecular formula is C12H19N. The summed E-state index contributed by atoms with van der Waals surface area (Å²) in [7, 11) is 0. The molecule has 0 bridgehead atoms. The quantitative estimate of drug-likeness (QED) is 0.565. The lowest BCUT2D eigenvalue weighted by atomic mass is 9.83. The highest BCUT2D eigenvalue weighted by atomic mass is 14.3. The highest BCUT2D eigenvalue weighted by molar-refractivity contribution is 5.14. The van der Waals surface area contributed by atoms with Gasteiger partial charge in [0.2, 0.25) is 0 Å². The van der Waals surface area contributed by atoms with Gasteiger partial charge in [0.05, 0.1) is 11.5 Å². The Hall–Kier alpha value is -1.03. The third-order valence-corrected chi connectivity index (χ3v) is 2.25. The van der Waals surface area contributed by atoms with Gasteiger partial charge in [-0.3, -0.25) is 0 Å². The third kappa shape index (κ3) is 3.94. The van der Waals surface area contributed by atoms with Crippen molar-refractivity contribution >= 4 is 0 Å². The van der Waals surface area contributed by atoms with E-state index in [1.807, 2.05) is 19.1 Å². The van der Waals surface area contributed by atoms with Crippen molar-refractivity contribution in [2.45, 2.75) is 39.5 Å². The summed E-state index contributed by atoms with van der Waals surface area (Å²) in [5, 5.41) is 9.06. The highest BCUT2D eigenvalue weighted by Crippen LogP contribution is 2.27. The van der Waals surface area contributed by atoms with Crippen LogP contribution in [0.3, 0.4) is 0 Å². The fourth-order valence-electron chi connectivity index (χ4n) is 1.23. The molecule has 0 aliphatic heterocycles. The van der Waals surface area contributed by atoms with Crippen LogP contribution in [0.15, 0.2) is 24.8 Å². The van der Waals surface area contributed by atoms with Crippen molar-refractivity contribution in [3.63, 3.8) is 0 Å². The Morgan fingerprint density at radius 2 is 2.15 bits per heavy atom. The van der Waals surface area contributed by atoms with Crippen molar-refractivity contribution in [1.82, 2.24) is 0 Å². The van der Waals surface area contributed by atoms with Crippen LogP contribution in [0.4, 0.5) is 0 Å². The van der Waals surface area contributed by atoms with Gasteiger partial charge in [-0.2, -0.15) is 5.26 Å². The van der Waals surface area contributed by atoms with E-state index in [4.69, 9.17) is 5.26 Å². The summed E-state index contributed by atoms with van der Waals surface area (Å²) in [6.45, 7) is 7.87. The van der Waals surface area contributed by atoms with Crippen molar-refractivity contribution in [1.29, 1.82) is 5.26 Å². The highest BCUT2D eigenvalue weighted by Gasteiger charge is 2.21. The minimum atomic E-state index is -0.309. The van der Waals surface area contributed by atoms with Gasteiger partial charge in [0.1, 0.15) is 0 Å². The molecule has 0 aromatic carbocycles. The number of allylic oxidation sites excluding steroid dienone is 3. The Morgan fingerprint density at radius 3 is 2.54 bits per heavy atom. The summed E-state index contributed by atoms with van der Waals surface area (Å²) in [6, 6.07) is 2.37. The van der Waals surface area contributed by atoms with Crippen LogP contribution in [0.5, 0.6) is 0 Å². The van der Waals surface area contributed by atoms with Crippen LogP contribution in [0, 0.1) is 16.7 Å². The van der Waals surface area contributed by atoms with E-state index in [1.165, 1.54) is 0 Å². The van der Waals surface area contributed by atoms with Gasteiger partial charge in [0, 0.05) is 0 Å². The summed E-state index contributed by atoms with van der Waals surface area (Å²) in [4.78, 5) is 0. The molecule has 0 radical (unpaired) electrons. The number of hydrogen-bond donors (Lipinski definition) is 0. The van der Waals surface area contributed by atoms with E-state index >= 15 is 0 Å². The molecule has 0 fully saturated rings. The van der Waals surface area contributed by atoms with Crippen molar-refractivity contribution in [2.75, 3.05) is 0 Å². The third-order valence-electron chi connectivity index (χ3n) is 2.25. The molecule has 13 heavy (non-hydrogen) atoms. The SMILES string of the molecule is C=CCC(C#N)(C=CCCC)CC. The van der Waals surface area contributed by atoms with Crippen molar-refractivity contribution in [3.05, 3.63) is 24.8 Å². The maximum Gasteiger partial charge on any atom is 0.0785 e. The van der Waals surface area contributed by atoms with Crippen molar-refractivity contribution in [2.24, 2.45) is 5.41 Å². The Morgan fingerprint density at radius 1 is 1.46 bits per heavy atom. The van der Waals surface area contributed by atoms with Gasteiger partial charge in [0.25, 0.3) is 0 Å². The van der Waals surface area contributed by atoms with Gasteiger partial charge in [-0.15, -0.1) is 6.58 Å². The molecule has 0 aromatic rings. The molecule has 1 heteroatoms. The first-order valence-electron chi connectivity index (χ1n) is 4.94. The molecule has 1 unspecified atom stereocenters. The zero-order valence-electron chi connectivity index (χ0n) is 8.71. The first-order chi connectivity index (χ1) is 6.24. The normalized spacial score (nSPS) is 15.2. The molecular weight excluding hydrogens is 158 g/mol. The Kier molecular flexibility index (Phi) is 5.97. The van der Waals surface area contributed by atoms with Crippen LogP contribution < -0.4 is 0 Å². The maximum absolute atomic E-state index is 9.06. The van der Waals surface area contributed by atoms with E-state index in [2.05, 4.69) is 25.6 Å². The summed E-state index contributed by atoms with van der Waals surface area (Å²) in [5.41, 5.74) is -0.309. The van der Waals surface area contributed by atoms with E-state index in [0.29, 0.717) is 0 Å². The molecule has 72 valence electrons. The molecule has 0 saturated heterocycles. The minimum absolute atomic E-state index is 0.309. The second-order valence-electron chi connectivity index (χ2n) is 3.31. The fraction of sp³-hybridized carbons (Fsp3) is 0.583. The van der Waals surface area contributed by atoms with Gasteiger partial charge >= 0.3 is 0 Å². The van der Waals surface area contributed by atoms with E-state index in [0.717, 1.165) is 25.7 Å². The van der Waals surface area contributed by atoms with Gasteiger partial charge in [-0.25, -0.2) is 0 Å². The van der Waals surface area contributed by atoms with Crippen LogP contribution in [0.2, 0.25) is 0 Å². The Labute approximate surface area is 81.8 Å². The monoisotopic (exact) mass is 177 g/mol. The summed E-state index contributed by atoms with van der Waals surface area (Å²) in [5.74, 6) is 0. The first-order valence-corrected chi connectivity index (χ1v) is 4.94. The number of hydrogen-bond acceptors (Lipinski definition) is 1. The predicted octanol–water partition coefficient (Wildman–Crippen LogP) is 3.84. The largest absolute Gasteiger partial charge is 0.197 e. The summed E-state index contributed by atoms with van der Waals surface area (Å²) >= 11 is 0. The number of unbranched alkanes of at least 4 members (excludes halogenated alkanes) is 1. The standard InChI is InChI=1S/C12H19N/c1-4-7-8-10-12(6-3,11-13)9-5-2/h5,8,10H,2,4,6-7,9H2,1,3H3. The van der Waals surface area contributed by atoms with Crippen LogP contribution in [0.25, 0.3) is 0 Å². The fourth-order valence-corrected chi connectivity index (χ4v) is 1.23. The molecule has 0 aliphatic rings. The van der Waals surface area contributed by atoms with Gasteiger partial charge in [-0.1, -0.05) is 38.5 Å². The molecule has 0 aliphatic carbocycles. The minimum Gasteiger partial charge on any atom is -0.197 e. The molecule has 0 saturated carbocycles. The topological polar surface area (TPSA) is 23.8 Å². The number of rotatable bonds is 6. The predicted molar refractivity (Wildman–Crippen MR) is 57.2 cm³/mol. The summed E-state index contributed by atoms with van der Waals surface area (Å²) < 4.78 is 0. The molecule has 0 spiro atoms. The smallest absolute Gasteiger partial charge is 0.0785 e. The molecule has 0 aromatic heterocycles. The second kappa shape index (κ2) is 6.48. The molecule has 0 N–H and O–H groups in total. The van der Waals surface area contributed by atoms with Crippen LogP contribution in [-0.2, 0) is 0 Å². The van der Waals surface area contributed by atoms with E-state index in [-0.39, 0.29) is 5.41 Å². The molecule has 1 atom stereocenters. The molecule has 0 heterocycles. The zero-order chi connectivity index (χ0) is 10.2. The van der Waals surface area contributed by atoms with Crippen molar-refractivity contribution < 1.29 is 0 Å². The van der Waals surface area contributed by atoms with Crippen molar-refractivity contribution in [3.8, 4) is 6.07 Å². The zero-order valence-corrected chi connectivity index (χ0v) is 8.71.